The van der Waals surface area contributed by atoms with Crippen molar-refractivity contribution in [2.24, 2.45) is 0 Å². The van der Waals surface area contributed by atoms with Gasteiger partial charge in [0.25, 0.3) is 0 Å². The summed E-state index contributed by atoms with van der Waals surface area (Å²) in [6, 6.07) is 12.4. The van der Waals surface area contributed by atoms with Gasteiger partial charge < -0.3 is 14.6 Å². The molecular formula is C25H40FO3+. The second-order valence-electron chi connectivity index (χ2n) is 7.37. The van der Waals surface area contributed by atoms with Gasteiger partial charge in [-0.25, -0.2) is 0 Å². The van der Waals surface area contributed by atoms with Crippen molar-refractivity contribution in [3.63, 3.8) is 0 Å². The van der Waals surface area contributed by atoms with Crippen molar-refractivity contribution in [2.45, 2.75) is 65.6 Å². The SMILES string of the molecule is CC12C=CC(C)(CC1)O2.Cc1ccc(C)cc1.Cc1ccc(C)o1.O.[2H]CF.[C+]#C.[HH].[HH]. The molecule has 1 fully saturated rings. The number of furan rings is 1. The molecule has 2 atom stereocenters. The summed E-state index contributed by atoms with van der Waals surface area (Å²) >= 11 is 0. The summed E-state index contributed by atoms with van der Waals surface area (Å²) in [7, 11) is -1.00. The predicted octanol–water partition coefficient (Wildman–Crippen LogP) is 6.54. The summed E-state index contributed by atoms with van der Waals surface area (Å²) in [5.41, 5.74) is 2.84. The van der Waals surface area contributed by atoms with Crippen LogP contribution >= 0.6 is 0 Å². The average Bonchev–Trinajstić information content (AvgIpc) is 3.31. The third-order valence-corrected chi connectivity index (χ3v) is 4.47. The van der Waals surface area contributed by atoms with E-state index in [1.54, 1.807) is 0 Å². The van der Waals surface area contributed by atoms with Gasteiger partial charge >= 0.3 is 12.8 Å². The summed E-state index contributed by atoms with van der Waals surface area (Å²) < 4.78 is 26.3. The summed E-state index contributed by atoms with van der Waals surface area (Å²) in [4.78, 5) is 0. The normalized spacial score (nSPS) is 22.7. The number of benzene rings is 1. The van der Waals surface area contributed by atoms with Crippen LogP contribution in [0.15, 0.2) is 53.0 Å². The molecule has 0 amide bonds. The number of alkyl halides is 1. The van der Waals surface area contributed by atoms with Crippen LogP contribution in [0.25, 0.3) is 0 Å². The van der Waals surface area contributed by atoms with Gasteiger partial charge in [-0.3, -0.25) is 4.39 Å². The smallest absolute Gasteiger partial charge is 0 e. The van der Waals surface area contributed by atoms with E-state index in [9.17, 15) is 4.39 Å². The Labute approximate surface area is 180 Å². The first kappa shape index (κ1) is 26.9. The molecule has 1 saturated heterocycles. The number of halogens is 1. The Kier molecular flexibility index (Phi) is 12.9. The molecule has 4 heteroatoms. The van der Waals surface area contributed by atoms with E-state index in [1.807, 2.05) is 26.0 Å². The number of fused-ring (bicyclic) bond motifs is 2. The van der Waals surface area contributed by atoms with Gasteiger partial charge in [0.05, 0.1) is 19.7 Å². The molecule has 3 heterocycles. The number of ether oxygens (including phenoxy) is 1. The van der Waals surface area contributed by atoms with E-state index in [0.29, 0.717) is 0 Å². The first-order valence-electron chi connectivity index (χ1n) is 9.93. The van der Waals surface area contributed by atoms with Crippen molar-refractivity contribution >= 4 is 0 Å². The number of hydrogen-bond donors (Lipinski definition) is 0. The summed E-state index contributed by atoms with van der Waals surface area (Å²) in [6.45, 7) is 12.4. The largest absolute Gasteiger partial charge is 0 e. The molecule has 3 nitrogen and oxygen atoms in total. The van der Waals surface area contributed by atoms with Gasteiger partial charge in [-0.05, 0) is 66.5 Å². The third kappa shape index (κ3) is 10.8. The number of rotatable bonds is 0. The zero-order chi connectivity index (χ0) is 22.5. The molecule has 0 aliphatic carbocycles. The van der Waals surface area contributed by atoms with Gasteiger partial charge in [0.1, 0.15) is 11.5 Å². The van der Waals surface area contributed by atoms with Crippen molar-refractivity contribution < 1.29 is 23.2 Å². The maximum atomic E-state index is 9.96. The second kappa shape index (κ2) is 13.9. The quantitative estimate of drug-likeness (QED) is 0.282. The van der Waals surface area contributed by atoms with Crippen LogP contribution in [0, 0.1) is 40.5 Å². The Balaban J connectivity index is -0.000000161. The Hall–Kier alpha value is -2.13. The predicted molar refractivity (Wildman–Crippen MR) is 123 cm³/mol. The van der Waals surface area contributed by atoms with Crippen molar-refractivity contribution in [1.29, 1.82) is 0 Å². The molecule has 2 aromatic rings. The first-order valence-corrected chi connectivity index (χ1v) is 9.22. The monoisotopic (exact) mass is 408 g/mol. The standard InChI is InChI=1S/C8H12O.C8H10.C6H8O.C2H.CH3F.H2O.2H2/c1-7-3-5-8(2,9-7)6-4-7;1-7-3-5-8(2)6-4-7;1-5-3-4-6(2)7-5;2*1-2;;;/h3,5H,4,6H2,1-2H3;3-6H,1-2H3;3-4H,1-2H3;1H;1H3;1H2;2*1H/q;;;+1;;;;/i;;;;1D;;;. The van der Waals surface area contributed by atoms with Crippen LogP contribution in [0.2, 0.25) is 0 Å². The van der Waals surface area contributed by atoms with Crippen molar-refractivity contribution in [3.8, 4) is 6.42 Å². The van der Waals surface area contributed by atoms with E-state index in [1.165, 1.54) is 24.0 Å². The van der Waals surface area contributed by atoms with Crippen LogP contribution in [-0.4, -0.2) is 23.8 Å². The van der Waals surface area contributed by atoms with Crippen LogP contribution in [0.3, 0.4) is 0 Å². The number of aryl methyl sites for hydroxylation is 4. The van der Waals surface area contributed by atoms with Gasteiger partial charge in [0.15, 0.2) is 0 Å². The Morgan fingerprint density at radius 3 is 1.34 bits per heavy atom. The van der Waals surface area contributed by atoms with Crippen LogP contribution in [0.1, 0.15) is 53.6 Å². The molecule has 2 aliphatic rings. The van der Waals surface area contributed by atoms with Crippen molar-refractivity contribution in [2.75, 3.05) is 7.15 Å². The third-order valence-electron chi connectivity index (χ3n) is 4.47. The Morgan fingerprint density at radius 2 is 1.21 bits per heavy atom. The van der Waals surface area contributed by atoms with Gasteiger partial charge in [0, 0.05) is 2.85 Å². The molecule has 1 aromatic carbocycles. The molecule has 29 heavy (non-hydrogen) atoms. The van der Waals surface area contributed by atoms with Gasteiger partial charge in [-0.15, -0.1) is 0 Å². The molecule has 4 rings (SSSR count). The maximum absolute atomic E-state index is 9.96. The molecule has 164 valence electrons. The molecule has 1 aromatic heterocycles. The van der Waals surface area contributed by atoms with Crippen molar-refractivity contribution in [3.05, 3.63) is 77.6 Å². The minimum absolute atomic E-state index is 0. The molecule has 0 saturated carbocycles. The fraction of sp³-hybridized carbons (Fsp3) is 0.440. The van der Waals surface area contributed by atoms with E-state index in [0.717, 1.165) is 11.5 Å². The van der Waals surface area contributed by atoms with E-state index in [4.69, 9.17) is 16.9 Å². The molecule has 2 N–H and O–H groups in total. The summed E-state index contributed by atoms with van der Waals surface area (Å²) in [5.74, 6) is 1.97. The minimum Gasteiger partial charge on any atom is 0 e. The van der Waals surface area contributed by atoms with E-state index in [-0.39, 0.29) is 19.5 Å². The topological polar surface area (TPSA) is 53.9 Å². The molecular weight excluding hydrogens is 367 g/mol. The molecule has 2 aliphatic heterocycles. The van der Waals surface area contributed by atoms with Crippen LogP contribution in [0.4, 0.5) is 4.39 Å². The van der Waals surface area contributed by atoms with Crippen molar-refractivity contribution in [1.82, 2.24) is 0 Å². The Bertz CT molecular complexity index is 704. The van der Waals surface area contributed by atoms with E-state index >= 15 is 0 Å². The fourth-order valence-corrected chi connectivity index (χ4v) is 2.91. The zero-order valence-corrected chi connectivity index (χ0v) is 18.5. The van der Waals surface area contributed by atoms with Gasteiger partial charge in [0.2, 0.25) is 0 Å². The summed E-state index contributed by atoms with van der Waals surface area (Å²) in [6.07, 6.45) is 15.8. The fourth-order valence-electron chi connectivity index (χ4n) is 2.91. The van der Waals surface area contributed by atoms with Crippen LogP contribution < -0.4 is 0 Å². The minimum atomic E-state index is -1.00. The molecule has 2 unspecified atom stereocenters. The summed E-state index contributed by atoms with van der Waals surface area (Å²) in [5, 5.41) is 0. The zero-order valence-electron chi connectivity index (χ0n) is 19.5. The first-order chi connectivity index (χ1) is 13.6. The second-order valence-corrected chi connectivity index (χ2v) is 7.37. The molecule has 2 bridgehead atoms. The number of terminal acetylenes is 1. The van der Waals surface area contributed by atoms with Gasteiger partial charge in [-0.1, -0.05) is 47.5 Å². The maximum Gasteiger partial charge on any atom is 0 e. The van der Waals surface area contributed by atoms with Crippen LogP contribution in [-0.2, 0) is 4.74 Å². The number of hydrogen-bond acceptors (Lipinski definition) is 2. The molecule has 0 spiro atoms. The van der Waals surface area contributed by atoms with Gasteiger partial charge in [-0.2, -0.15) is 0 Å². The Morgan fingerprint density at radius 1 is 0.897 bits per heavy atom. The van der Waals surface area contributed by atoms with Crippen LogP contribution in [0.5, 0.6) is 0 Å². The van der Waals surface area contributed by atoms with E-state index < -0.39 is 7.15 Å². The average molecular weight is 409 g/mol. The van der Waals surface area contributed by atoms with E-state index in [2.05, 4.69) is 70.5 Å². The molecule has 0 radical (unpaired) electrons.